The maximum Gasteiger partial charge on any atom is 0.251 e. The van der Waals surface area contributed by atoms with Crippen LogP contribution in [0.4, 0.5) is 0 Å². The van der Waals surface area contributed by atoms with Crippen molar-refractivity contribution in [2.45, 2.75) is 12.5 Å². The molecule has 6 nitrogen and oxygen atoms in total. The Morgan fingerprint density at radius 3 is 2.56 bits per heavy atom. The average Bonchev–Trinajstić information content (AvgIpc) is 3.04. The molecule has 0 aliphatic heterocycles. The molecular weight excluding hydrogens is 320 g/mol. The smallest absolute Gasteiger partial charge is 0.251 e. The van der Waals surface area contributed by atoms with Gasteiger partial charge in [-0.25, -0.2) is 0 Å². The van der Waals surface area contributed by atoms with Crippen LogP contribution in [0.25, 0.3) is 10.9 Å². The summed E-state index contributed by atoms with van der Waals surface area (Å²) in [6, 6.07) is 12.9. The SMILES string of the molecule is COc1ccc(C(=O)NC(Cc2c[nH]c3ccccc23)C(=O)[O-])cc1. The molecule has 1 heterocycles. The van der Waals surface area contributed by atoms with Gasteiger partial charge >= 0.3 is 0 Å². The van der Waals surface area contributed by atoms with Crippen LogP contribution < -0.4 is 15.2 Å². The first-order valence-corrected chi connectivity index (χ1v) is 7.79. The number of methoxy groups -OCH3 is 1. The summed E-state index contributed by atoms with van der Waals surface area (Å²) in [5.41, 5.74) is 2.07. The lowest BCUT2D eigenvalue weighted by Crippen LogP contribution is -2.49. The zero-order valence-electron chi connectivity index (χ0n) is 13.6. The number of aliphatic carboxylic acids is 1. The molecule has 3 rings (SSSR count). The van der Waals surface area contributed by atoms with Gasteiger partial charge < -0.3 is 24.9 Å². The molecule has 0 bridgehead atoms. The summed E-state index contributed by atoms with van der Waals surface area (Å²) in [6.07, 6.45) is 1.88. The fraction of sp³-hybridized carbons (Fsp3) is 0.158. The minimum Gasteiger partial charge on any atom is -0.548 e. The molecule has 0 saturated heterocycles. The molecule has 1 unspecified atom stereocenters. The van der Waals surface area contributed by atoms with Gasteiger partial charge in [0.15, 0.2) is 0 Å². The normalized spacial score (nSPS) is 11.9. The predicted octanol–water partition coefficient (Wildman–Crippen LogP) is 1.27. The van der Waals surface area contributed by atoms with E-state index in [0.717, 1.165) is 16.5 Å². The van der Waals surface area contributed by atoms with E-state index >= 15 is 0 Å². The zero-order valence-corrected chi connectivity index (χ0v) is 13.6. The Labute approximate surface area is 144 Å². The van der Waals surface area contributed by atoms with Crippen molar-refractivity contribution < 1.29 is 19.4 Å². The number of para-hydroxylation sites is 1. The molecule has 128 valence electrons. The van der Waals surface area contributed by atoms with Gasteiger partial charge in [0.25, 0.3) is 5.91 Å². The summed E-state index contributed by atoms with van der Waals surface area (Å²) in [4.78, 5) is 26.9. The molecular formula is C19H17N2O4-. The highest BCUT2D eigenvalue weighted by atomic mass is 16.5. The van der Waals surface area contributed by atoms with Gasteiger partial charge in [0, 0.05) is 29.1 Å². The third-order valence-electron chi connectivity index (χ3n) is 4.04. The number of nitrogens with one attached hydrogen (secondary N) is 2. The predicted molar refractivity (Wildman–Crippen MR) is 91.3 cm³/mol. The number of H-pyrrole nitrogens is 1. The molecule has 3 aromatic rings. The Kier molecular flexibility index (Phi) is 4.70. The second-order valence-corrected chi connectivity index (χ2v) is 5.64. The van der Waals surface area contributed by atoms with Gasteiger partial charge in [-0.05, 0) is 35.9 Å². The van der Waals surface area contributed by atoms with Crippen LogP contribution in [-0.4, -0.2) is 30.0 Å². The third kappa shape index (κ3) is 3.63. The lowest BCUT2D eigenvalue weighted by molar-refractivity contribution is -0.308. The van der Waals surface area contributed by atoms with E-state index in [-0.39, 0.29) is 6.42 Å². The summed E-state index contributed by atoms with van der Waals surface area (Å²) in [6.45, 7) is 0. The molecule has 2 N–H and O–H groups in total. The van der Waals surface area contributed by atoms with E-state index in [1.54, 1.807) is 30.5 Å². The quantitative estimate of drug-likeness (QED) is 0.708. The van der Waals surface area contributed by atoms with Crippen LogP contribution in [0.5, 0.6) is 5.75 Å². The van der Waals surface area contributed by atoms with E-state index in [1.807, 2.05) is 24.3 Å². The molecule has 1 atom stereocenters. The fourth-order valence-electron chi connectivity index (χ4n) is 2.70. The molecule has 0 fully saturated rings. The molecule has 25 heavy (non-hydrogen) atoms. The molecule has 0 aliphatic carbocycles. The number of carboxylic acids is 1. The summed E-state index contributed by atoms with van der Waals surface area (Å²) < 4.78 is 5.04. The fourth-order valence-corrected chi connectivity index (χ4v) is 2.70. The number of fused-ring (bicyclic) bond motifs is 1. The van der Waals surface area contributed by atoms with Gasteiger partial charge in [0.2, 0.25) is 0 Å². The minimum absolute atomic E-state index is 0.133. The summed E-state index contributed by atoms with van der Waals surface area (Å²) in [5.74, 6) is -1.18. The highest BCUT2D eigenvalue weighted by Gasteiger charge is 2.17. The first kappa shape index (κ1) is 16.6. The summed E-state index contributed by atoms with van der Waals surface area (Å²) in [5, 5.41) is 14.9. The first-order chi connectivity index (χ1) is 12.1. The van der Waals surface area contributed by atoms with Crippen molar-refractivity contribution >= 4 is 22.8 Å². The lowest BCUT2D eigenvalue weighted by Gasteiger charge is -2.19. The van der Waals surface area contributed by atoms with Crippen LogP contribution in [0, 0.1) is 0 Å². The average molecular weight is 337 g/mol. The minimum atomic E-state index is -1.33. The largest absolute Gasteiger partial charge is 0.548 e. The number of aromatic nitrogens is 1. The Morgan fingerprint density at radius 2 is 1.88 bits per heavy atom. The molecule has 0 saturated carbocycles. The van der Waals surface area contributed by atoms with Crippen molar-refractivity contribution in [3.63, 3.8) is 0 Å². The molecule has 1 aromatic heterocycles. The number of ether oxygens (including phenoxy) is 1. The van der Waals surface area contributed by atoms with E-state index in [4.69, 9.17) is 4.74 Å². The highest BCUT2D eigenvalue weighted by Crippen LogP contribution is 2.19. The van der Waals surface area contributed by atoms with Crippen molar-refractivity contribution in [1.29, 1.82) is 0 Å². The number of hydrogen-bond donors (Lipinski definition) is 2. The summed E-state index contributed by atoms with van der Waals surface area (Å²) in [7, 11) is 1.53. The number of aromatic amines is 1. The Bertz CT molecular complexity index is 899. The Balaban J connectivity index is 1.76. The van der Waals surface area contributed by atoms with Crippen molar-refractivity contribution in [2.24, 2.45) is 0 Å². The van der Waals surface area contributed by atoms with Gasteiger partial charge in [-0.1, -0.05) is 18.2 Å². The van der Waals surface area contributed by atoms with Crippen LogP contribution in [0.1, 0.15) is 15.9 Å². The van der Waals surface area contributed by atoms with E-state index < -0.39 is 17.9 Å². The van der Waals surface area contributed by atoms with Crippen molar-refractivity contribution in [3.8, 4) is 5.75 Å². The number of carboxylic acid groups (broad SMARTS) is 1. The first-order valence-electron chi connectivity index (χ1n) is 7.79. The van der Waals surface area contributed by atoms with E-state index in [0.29, 0.717) is 11.3 Å². The van der Waals surface area contributed by atoms with Gasteiger partial charge in [-0.3, -0.25) is 4.79 Å². The molecule has 0 spiro atoms. The second kappa shape index (κ2) is 7.09. The van der Waals surface area contributed by atoms with Crippen molar-refractivity contribution in [2.75, 3.05) is 7.11 Å². The van der Waals surface area contributed by atoms with Crippen LogP contribution >= 0.6 is 0 Å². The second-order valence-electron chi connectivity index (χ2n) is 5.64. The van der Waals surface area contributed by atoms with Gasteiger partial charge in [0.1, 0.15) is 5.75 Å². The van der Waals surface area contributed by atoms with Crippen LogP contribution in [0.3, 0.4) is 0 Å². The number of hydrogen-bond acceptors (Lipinski definition) is 4. The molecule has 6 heteroatoms. The van der Waals surface area contributed by atoms with Gasteiger partial charge in [-0.15, -0.1) is 0 Å². The van der Waals surface area contributed by atoms with Gasteiger partial charge in [0.05, 0.1) is 19.1 Å². The van der Waals surface area contributed by atoms with E-state index in [9.17, 15) is 14.7 Å². The molecule has 0 aliphatic rings. The summed E-state index contributed by atoms with van der Waals surface area (Å²) >= 11 is 0. The standard InChI is InChI=1S/C19H18N2O4/c1-25-14-8-6-12(7-9-14)18(22)21-17(19(23)24)10-13-11-20-16-5-3-2-4-15(13)16/h2-9,11,17,20H,10H2,1H3,(H,21,22)(H,23,24)/p-1. The number of carbonyl (C=O) groups excluding carboxylic acids is 2. The maximum atomic E-state index is 12.3. The number of carbonyl (C=O) groups is 2. The third-order valence-corrected chi connectivity index (χ3v) is 4.04. The van der Waals surface area contributed by atoms with Crippen molar-refractivity contribution in [1.82, 2.24) is 10.3 Å². The van der Waals surface area contributed by atoms with E-state index in [2.05, 4.69) is 10.3 Å². The number of benzene rings is 2. The Hall–Kier alpha value is -3.28. The van der Waals surface area contributed by atoms with Crippen LogP contribution in [-0.2, 0) is 11.2 Å². The molecule has 2 aromatic carbocycles. The lowest BCUT2D eigenvalue weighted by atomic mass is 10.0. The zero-order chi connectivity index (χ0) is 17.8. The van der Waals surface area contributed by atoms with Crippen molar-refractivity contribution in [3.05, 3.63) is 65.9 Å². The monoisotopic (exact) mass is 337 g/mol. The number of rotatable bonds is 6. The highest BCUT2D eigenvalue weighted by molar-refractivity contribution is 5.96. The van der Waals surface area contributed by atoms with Crippen LogP contribution in [0.15, 0.2) is 54.7 Å². The van der Waals surface area contributed by atoms with E-state index in [1.165, 1.54) is 7.11 Å². The number of amides is 1. The Morgan fingerprint density at radius 1 is 1.16 bits per heavy atom. The maximum absolute atomic E-state index is 12.3. The topological polar surface area (TPSA) is 94.2 Å². The van der Waals surface area contributed by atoms with Crippen LogP contribution in [0.2, 0.25) is 0 Å². The van der Waals surface area contributed by atoms with Gasteiger partial charge in [-0.2, -0.15) is 0 Å². The molecule has 0 radical (unpaired) electrons. The molecule has 1 amide bonds.